The molecule has 1 fully saturated rings. The highest BCUT2D eigenvalue weighted by atomic mass is 16.2. The Hall–Kier alpha value is -6.91. The molecule has 1 saturated heterocycles. The van der Waals surface area contributed by atoms with Crippen molar-refractivity contribution in [1.82, 2.24) is 39.9 Å². The van der Waals surface area contributed by atoms with Gasteiger partial charge in [0.05, 0.1) is 30.1 Å². The van der Waals surface area contributed by atoms with Crippen LogP contribution in [0.25, 0.3) is 17.0 Å². The van der Waals surface area contributed by atoms with Crippen LogP contribution in [0.3, 0.4) is 0 Å². The average Bonchev–Trinajstić information content (AvgIpc) is 3.70. The van der Waals surface area contributed by atoms with E-state index in [1.165, 1.54) is 12.3 Å². The Morgan fingerprint density at radius 2 is 1.86 bits per heavy atom. The van der Waals surface area contributed by atoms with Crippen LogP contribution in [-0.2, 0) is 14.4 Å². The van der Waals surface area contributed by atoms with Crippen molar-refractivity contribution in [2.75, 3.05) is 47.9 Å². The molecule has 3 aromatic heterocycles. The lowest BCUT2D eigenvalue weighted by Crippen LogP contribution is -2.54. The van der Waals surface area contributed by atoms with Gasteiger partial charge in [0.25, 0.3) is 11.8 Å². The average molecular weight is 689 g/mol. The molecule has 0 radical (unpaired) electrons. The van der Waals surface area contributed by atoms with Crippen molar-refractivity contribution in [3.05, 3.63) is 84.6 Å². The predicted octanol–water partition coefficient (Wildman–Crippen LogP) is 1.58. The monoisotopic (exact) mass is 688 g/mol. The summed E-state index contributed by atoms with van der Waals surface area (Å²) in [4.78, 5) is 83.5. The lowest BCUT2D eigenvalue weighted by atomic mass is 10.0. The van der Waals surface area contributed by atoms with Crippen LogP contribution in [-0.4, -0.2) is 91.5 Å². The van der Waals surface area contributed by atoms with E-state index in [1.807, 2.05) is 46.8 Å². The molecule has 1 unspecified atom stereocenters. The summed E-state index contributed by atoms with van der Waals surface area (Å²) >= 11 is 0. The molecule has 51 heavy (non-hydrogen) atoms. The predicted molar refractivity (Wildman–Crippen MR) is 186 cm³/mol. The number of nitrogens with two attached hydrogens (primary N) is 1. The van der Waals surface area contributed by atoms with E-state index < -0.39 is 29.7 Å². The molecule has 5 aromatic rings. The number of nitrogens with zero attached hydrogens (tertiary/aromatic N) is 7. The first kappa shape index (κ1) is 32.6. The quantitative estimate of drug-likeness (QED) is 0.125. The summed E-state index contributed by atoms with van der Waals surface area (Å²) in [6.45, 7) is 0.697. The number of hydrogen-bond donors (Lipinski definition) is 5. The fourth-order valence-electron chi connectivity index (χ4n) is 5.97. The first-order chi connectivity index (χ1) is 24.7. The Labute approximate surface area is 290 Å². The Kier molecular flexibility index (Phi) is 8.66. The fraction of sp³-hybridized carbons (Fsp3) is 0.206. The molecule has 0 bridgehead atoms. The fourth-order valence-corrected chi connectivity index (χ4v) is 5.97. The summed E-state index contributed by atoms with van der Waals surface area (Å²) < 4.78 is 1.84. The number of rotatable bonds is 11. The number of carbonyl (C=O) groups excluding carboxylic acids is 5. The van der Waals surface area contributed by atoms with Gasteiger partial charge in [0.1, 0.15) is 23.2 Å². The van der Waals surface area contributed by atoms with Crippen molar-refractivity contribution in [3.63, 3.8) is 0 Å². The van der Waals surface area contributed by atoms with Crippen LogP contribution in [0, 0.1) is 0 Å². The van der Waals surface area contributed by atoms with Gasteiger partial charge in [-0.1, -0.05) is 6.07 Å². The molecule has 2 aliphatic rings. The number of likely N-dealkylation sites (N-methyl/N-ethyl adjacent to an activating group) is 1. The minimum atomic E-state index is -1.07. The normalized spacial score (nSPS) is 15.5. The SMILES string of the molecule is CN(CCNC(=O)CNc1cccc2c1C(=O)N(C1CCC(=O)NC1=O)C2=O)c1ccc(Nc2nc(-c3cncc(N)n3)cn3ccnc23)cc1. The topological polar surface area (TPSA) is 222 Å². The molecular weight excluding hydrogens is 656 g/mol. The number of aromatic nitrogens is 5. The van der Waals surface area contributed by atoms with Gasteiger partial charge in [-0.25, -0.2) is 15.0 Å². The van der Waals surface area contributed by atoms with E-state index in [9.17, 15) is 24.0 Å². The molecule has 6 N–H and O–H groups in total. The van der Waals surface area contributed by atoms with Crippen molar-refractivity contribution in [3.8, 4) is 11.4 Å². The van der Waals surface area contributed by atoms with Crippen LogP contribution in [0.1, 0.15) is 33.6 Å². The van der Waals surface area contributed by atoms with Gasteiger partial charge in [-0.15, -0.1) is 0 Å². The highest BCUT2D eigenvalue weighted by Gasteiger charge is 2.45. The largest absolute Gasteiger partial charge is 0.382 e. The zero-order valence-corrected chi connectivity index (χ0v) is 27.3. The highest BCUT2D eigenvalue weighted by molar-refractivity contribution is 6.25. The summed E-state index contributed by atoms with van der Waals surface area (Å²) in [6, 6.07) is 11.3. The summed E-state index contributed by atoms with van der Waals surface area (Å²) in [6.07, 6.45) is 8.44. The van der Waals surface area contributed by atoms with Crippen molar-refractivity contribution in [2.24, 2.45) is 0 Å². The number of amides is 5. The Morgan fingerprint density at radius 3 is 2.65 bits per heavy atom. The summed E-state index contributed by atoms with van der Waals surface area (Å²) in [5, 5.41) is 11.3. The van der Waals surface area contributed by atoms with Gasteiger partial charge in [0.2, 0.25) is 17.7 Å². The molecule has 2 aromatic carbocycles. The molecule has 7 rings (SSSR count). The zero-order valence-electron chi connectivity index (χ0n) is 27.3. The maximum Gasteiger partial charge on any atom is 0.264 e. The van der Waals surface area contributed by atoms with Crippen LogP contribution in [0.4, 0.5) is 28.7 Å². The Bertz CT molecular complexity index is 2200. The highest BCUT2D eigenvalue weighted by Crippen LogP contribution is 2.32. The first-order valence-corrected chi connectivity index (χ1v) is 16.0. The number of fused-ring (bicyclic) bond motifs is 2. The van der Waals surface area contributed by atoms with E-state index in [1.54, 1.807) is 30.7 Å². The van der Waals surface area contributed by atoms with E-state index in [4.69, 9.17) is 10.7 Å². The number of piperidine rings is 1. The van der Waals surface area contributed by atoms with Gasteiger partial charge < -0.3 is 31.0 Å². The molecule has 258 valence electrons. The molecule has 2 aliphatic heterocycles. The van der Waals surface area contributed by atoms with Crippen LogP contribution < -0.4 is 31.9 Å². The van der Waals surface area contributed by atoms with E-state index in [-0.39, 0.29) is 36.4 Å². The van der Waals surface area contributed by atoms with Crippen molar-refractivity contribution in [1.29, 1.82) is 0 Å². The molecule has 1 atom stereocenters. The summed E-state index contributed by atoms with van der Waals surface area (Å²) in [7, 11) is 1.91. The molecule has 5 heterocycles. The standard InChI is InChI=1S/C34H32N12O5/c1-44(20-7-5-19(6-8-20)40-30-31-38-12-14-45(31)18-24(42-30)23-15-36-16-26(35)41-23)13-11-37-28(48)17-39-22-4-2-3-21-29(22)34(51)46(33(21)50)25-9-10-27(47)43-32(25)49/h2-8,12,14-16,18,25,39H,9-11,13,17H2,1H3,(H2,35,41)(H,37,48)(H,40,42)(H,43,47,49). The number of benzene rings is 2. The van der Waals surface area contributed by atoms with Crippen molar-refractivity contribution < 1.29 is 24.0 Å². The smallest absolute Gasteiger partial charge is 0.264 e. The Morgan fingerprint density at radius 1 is 1.04 bits per heavy atom. The number of carbonyl (C=O) groups is 5. The number of hydrogen-bond acceptors (Lipinski definition) is 13. The van der Waals surface area contributed by atoms with Gasteiger partial charge in [0.15, 0.2) is 11.5 Å². The van der Waals surface area contributed by atoms with Crippen LogP contribution in [0.5, 0.6) is 0 Å². The van der Waals surface area contributed by atoms with Crippen molar-refractivity contribution in [2.45, 2.75) is 18.9 Å². The summed E-state index contributed by atoms with van der Waals surface area (Å²) in [5.74, 6) is -1.90. The molecular formula is C34H32N12O5. The lowest BCUT2D eigenvalue weighted by Gasteiger charge is -2.27. The second-order valence-corrected chi connectivity index (χ2v) is 11.9. The third-order valence-electron chi connectivity index (χ3n) is 8.54. The van der Waals surface area contributed by atoms with Gasteiger partial charge in [-0.05, 0) is 42.8 Å². The molecule has 5 amide bonds. The molecule has 0 spiro atoms. The number of nitrogens with one attached hydrogen (secondary N) is 4. The van der Waals surface area contributed by atoms with E-state index in [0.717, 1.165) is 16.3 Å². The number of nitrogen functional groups attached to an aromatic ring is 1. The van der Waals surface area contributed by atoms with Crippen LogP contribution >= 0.6 is 0 Å². The van der Waals surface area contributed by atoms with Gasteiger partial charge in [0, 0.05) is 62.2 Å². The number of anilines is 5. The molecule has 17 nitrogen and oxygen atoms in total. The number of imide groups is 2. The molecule has 17 heteroatoms. The maximum absolute atomic E-state index is 13.3. The van der Waals surface area contributed by atoms with Gasteiger partial charge in [-0.3, -0.25) is 39.2 Å². The second kappa shape index (κ2) is 13.5. The van der Waals surface area contributed by atoms with Crippen LogP contribution in [0.15, 0.2) is 73.4 Å². The van der Waals surface area contributed by atoms with E-state index in [0.29, 0.717) is 47.4 Å². The summed E-state index contributed by atoms with van der Waals surface area (Å²) in [5.41, 5.74) is 9.78. The third-order valence-corrected chi connectivity index (χ3v) is 8.54. The Balaban J connectivity index is 0.923. The van der Waals surface area contributed by atoms with E-state index >= 15 is 0 Å². The van der Waals surface area contributed by atoms with Gasteiger partial charge >= 0.3 is 0 Å². The lowest BCUT2D eigenvalue weighted by molar-refractivity contribution is -0.136. The zero-order chi connectivity index (χ0) is 35.6. The minimum absolute atomic E-state index is 0.0260. The maximum atomic E-state index is 13.3. The molecule has 0 saturated carbocycles. The van der Waals surface area contributed by atoms with Crippen molar-refractivity contribution >= 4 is 63.9 Å². The third kappa shape index (κ3) is 6.59. The van der Waals surface area contributed by atoms with E-state index in [2.05, 4.69) is 36.2 Å². The van der Waals surface area contributed by atoms with Crippen LogP contribution in [0.2, 0.25) is 0 Å². The van der Waals surface area contributed by atoms with Gasteiger partial charge in [-0.2, -0.15) is 0 Å². The second-order valence-electron chi connectivity index (χ2n) is 11.9. The minimum Gasteiger partial charge on any atom is -0.382 e. The number of imidazole rings is 1. The first-order valence-electron chi connectivity index (χ1n) is 16.0. The molecule has 0 aliphatic carbocycles.